The number of imide groups is 1. The molecule has 0 bridgehead atoms. The van der Waals surface area contributed by atoms with Crippen molar-refractivity contribution in [1.29, 1.82) is 0 Å². The smallest absolute Gasteiger partial charge is 0.416 e. The first-order valence-electron chi connectivity index (χ1n) is 10.7. The van der Waals surface area contributed by atoms with Crippen molar-refractivity contribution in [2.24, 2.45) is 5.92 Å². The zero-order valence-corrected chi connectivity index (χ0v) is 18.7. The first-order chi connectivity index (χ1) is 14.7. The molecule has 170 valence electrons. The number of rotatable bonds is 11. The number of amides is 2. The van der Waals surface area contributed by atoms with Gasteiger partial charge in [-0.25, -0.2) is 9.69 Å². The van der Waals surface area contributed by atoms with Crippen LogP contribution in [0.4, 0.5) is 4.79 Å². The summed E-state index contributed by atoms with van der Waals surface area (Å²) in [6.45, 7) is 9.92. The van der Waals surface area contributed by atoms with Gasteiger partial charge in [-0.05, 0) is 45.6 Å². The fourth-order valence-electron chi connectivity index (χ4n) is 3.46. The van der Waals surface area contributed by atoms with E-state index in [0.29, 0.717) is 32.5 Å². The number of nitrogens with zero attached hydrogens (tertiary/aromatic N) is 1. The van der Waals surface area contributed by atoms with Crippen molar-refractivity contribution in [1.82, 2.24) is 4.90 Å². The van der Waals surface area contributed by atoms with E-state index in [2.05, 4.69) is 6.58 Å². The normalized spacial score (nSPS) is 17.2. The fraction of sp³-hybridized carbons (Fsp3) is 0.542. The van der Waals surface area contributed by atoms with E-state index in [1.54, 1.807) is 26.8 Å². The van der Waals surface area contributed by atoms with Gasteiger partial charge in [0.05, 0.1) is 19.1 Å². The van der Waals surface area contributed by atoms with Crippen LogP contribution >= 0.6 is 0 Å². The second-order valence-electron chi connectivity index (χ2n) is 8.62. The second-order valence-corrected chi connectivity index (χ2v) is 8.62. The Bertz CT molecular complexity index is 755. The molecule has 1 aromatic carbocycles. The highest BCUT2D eigenvalue weighted by atomic mass is 16.6. The summed E-state index contributed by atoms with van der Waals surface area (Å²) < 4.78 is 16.0. The van der Waals surface area contributed by atoms with E-state index in [-0.39, 0.29) is 13.0 Å². The number of hydrogen-bond donors (Lipinski definition) is 0. The molecule has 2 atom stereocenters. The zero-order valence-electron chi connectivity index (χ0n) is 18.7. The SMILES string of the molecule is C=CCOCCC[C@@H](CC(=O)OC(C)(C)C)C(=O)N1C(=O)OCC1Cc1ccccc1. The fourth-order valence-corrected chi connectivity index (χ4v) is 3.46. The van der Waals surface area contributed by atoms with Crippen molar-refractivity contribution < 1.29 is 28.6 Å². The van der Waals surface area contributed by atoms with Crippen LogP contribution in [-0.4, -0.2) is 54.3 Å². The largest absolute Gasteiger partial charge is 0.460 e. The van der Waals surface area contributed by atoms with E-state index in [4.69, 9.17) is 14.2 Å². The van der Waals surface area contributed by atoms with E-state index in [0.717, 1.165) is 5.56 Å². The van der Waals surface area contributed by atoms with Gasteiger partial charge in [0.2, 0.25) is 5.91 Å². The Hall–Kier alpha value is -2.67. The van der Waals surface area contributed by atoms with Crippen LogP contribution in [0.25, 0.3) is 0 Å². The molecule has 0 saturated carbocycles. The van der Waals surface area contributed by atoms with Crippen molar-refractivity contribution in [3.63, 3.8) is 0 Å². The third-order valence-corrected chi connectivity index (χ3v) is 4.77. The molecular formula is C24H33NO6. The average Bonchev–Trinajstić information content (AvgIpc) is 3.05. The van der Waals surface area contributed by atoms with Gasteiger partial charge in [-0.2, -0.15) is 0 Å². The molecule has 0 N–H and O–H groups in total. The first-order valence-corrected chi connectivity index (χ1v) is 10.7. The molecule has 7 heteroatoms. The molecule has 0 spiro atoms. The van der Waals surface area contributed by atoms with Gasteiger partial charge >= 0.3 is 12.1 Å². The van der Waals surface area contributed by atoms with Crippen molar-refractivity contribution in [3.05, 3.63) is 48.6 Å². The molecule has 7 nitrogen and oxygen atoms in total. The predicted octanol–water partition coefficient (Wildman–Crippen LogP) is 3.91. The number of carbonyl (C=O) groups excluding carboxylic acids is 3. The second kappa shape index (κ2) is 11.6. The van der Waals surface area contributed by atoms with E-state index in [1.165, 1.54) is 4.90 Å². The molecule has 1 aromatic rings. The van der Waals surface area contributed by atoms with Crippen LogP contribution in [0, 0.1) is 5.92 Å². The van der Waals surface area contributed by atoms with Gasteiger partial charge in [0.25, 0.3) is 0 Å². The van der Waals surface area contributed by atoms with Gasteiger partial charge in [0.15, 0.2) is 0 Å². The summed E-state index contributed by atoms with van der Waals surface area (Å²) in [6, 6.07) is 9.22. The molecule has 2 rings (SSSR count). The minimum atomic E-state index is -0.689. The summed E-state index contributed by atoms with van der Waals surface area (Å²) in [5.74, 6) is -1.56. The summed E-state index contributed by atoms with van der Waals surface area (Å²) >= 11 is 0. The molecule has 1 aliphatic rings. The standard InChI is InChI=1S/C24H33NO6/c1-5-13-29-14-9-12-19(16-21(26)31-24(2,3)4)22(27)25-20(17-30-23(25)28)15-18-10-7-6-8-11-18/h5-8,10-11,19-20H,1,9,12-17H2,2-4H3/t19-,20?/m0/s1. The molecule has 31 heavy (non-hydrogen) atoms. The van der Waals surface area contributed by atoms with E-state index >= 15 is 0 Å². The molecule has 0 radical (unpaired) electrons. The quantitative estimate of drug-likeness (QED) is 0.300. The van der Waals surface area contributed by atoms with Crippen LogP contribution in [0.2, 0.25) is 0 Å². The molecule has 1 heterocycles. The molecule has 1 saturated heterocycles. The molecule has 0 aliphatic carbocycles. The Kier molecular flexibility index (Phi) is 9.24. The number of hydrogen-bond acceptors (Lipinski definition) is 6. The lowest BCUT2D eigenvalue weighted by molar-refractivity contribution is -0.158. The van der Waals surface area contributed by atoms with Gasteiger partial charge in [-0.3, -0.25) is 9.59 Å². The summed E-state index contributed by atoms with van der Waals surface area (Å²) in [5.41, 5.74) is 0.352. The van der Waals surface area contributed by atoms with Crippen LogP contribution in [0.1, 0.15) is 45.6 Å². The Morgan fingerprint density at radius 1 is 1.29 bits per heavy atom. The molecular weight excluding hydrogens is 398 g/mol. The van der Waals surface area contributed by atoms with Crippen molar-refractivity contribution in [2.75, 3.05) is 19.8 Å². The van der Waals surface area contributed by atoms with Gasteiger partial charge in [-0.1, -0.05) is 36.4 Å². The Balaban J connectivity index is 2.10. The summed E-state index contributed by atoms with van der Waals surface area (Å²) in [7, 11) is 0. The maximum Gasteiger partial charge on any atom is 0.416 e. The Morgan fingerprint density at radius 3 is 2.65 bits per heavy atom. The zero-order chi connectivity index (χ0) is 22.9. The van der Waals surface area contributed by atoms with Crippen LogP contribution in [0.3, 0.4) is 0 Å². The summed E-state index contributed by atoms with van der Waals surface area (Å²) in [5, 5.41) is 0. The van der Waals surface area contributed by atoms with Gasteiger partial charge in [0, 0.05) is 12.5 Å². The Labute approximate surface area is 184 Å². The van der Waals surface area contributed by atoms with Crippen LogP contribution in [0.15, 0.2) is 43.0 Å². The number of benzene rings is 1. The van der Waals surface area contributed by atoms with Crippen LogP contribution < -0.4 is 0 Å². The lowest BCUT2D eigenvalue weighted by Crippen LogP contribution is -2.44. The maximum absolute atomic E-state index is 13.3. The van der Waals surface area contributed by atoms with Crippen LogP contribution in [-0.2, 0) is 30.2 Å². The molecule has 1 fully saturated rings. The monoisotopic (exact) mass is 431 g/mol. The van der Waals surface area contributed by atoms with Gasteiger partial charge < -0.3 is 14.2 Å². The minimum Gasteiger partial charge on any atom is -0.460 e. The number of esters is 1. The minimum absolute atomic E-state index is 0.0978. The van der Waals surface area contributed by atoms with Crippen molar-refractivity contribution >= 4 is 18.0 Å². The van der Waals surface area contributed by atoms with Crippen molar-refractivity contribution in [3.8, 4) is 0 Å². The lowest BCUT2D eigenvalue weighted by atomic mass is 9.96. The number of carbonyl (C=O) groups is 3. The molecule has 1 aliphatic heterocycles. The maximum atomic E-state index is 13.3. The third kappa shape index (κ3) is 8.17. The topological polar surface area (TPSA) is 82.1 Å². The highest BCUT2D eigenvalue weighted by Gasteiger charge is 2.41. The lowest BCUT2D eigenvalue weighted by Gasteiger charge is -2.26. The highest BCUT2D eigenvalue weighted by Crippen LogP contribution is 2.24. The van der Waals surface area contributed by atoms with Gasteiger partial charge in [0.1, 0.15) is 12.2 Å². The predicted molar refractivity (Wildman–Crippen MR) is 116 cm³/mol. The summed E-state index contributed by atoms with van der Waals surface area (Å²) in [6.07, 6.45) is 2.36. The van der Waals surface area contributed by atoms with Crippen molar-refractivity contribution in [2.45, 2.75) is 58.1 Å². The molecule has 1 unspecified atom stereocenters. The number of cyclic esters (lactones) is 1. The highest BCUT2D eigenvalue weighted by molar-refractivity contribution is 5.96. The number of ether oxygens (including phenoxy) is 3. The molecule has 0 aromatic heterocycles. The Morgan fingerprint density at radius 2 is 2.00 bits per heavy atom. The summed E-state index contributed by atoms with van der Waals surface area (Å²) in [4.78, 5) is 39.3. The molecule has 2 amide bonds. The van der Waals surface area contributed by atoms with E-state index < -0.39 is 35.5 Å². The van der Waals surface area contributed by atoms with E-state index in [1.807, 2.05) is 30.3 Å². The average molecular weight is 432 g/mol. The first kappa shape index (κ1) is 24.6. The van der Waals surface area contributed by atoms with E-state index in [9.17, 15) is 14.4 Å². The van der Waals surface area contributed by atoms with Crippen LogP contribution in [0.5, 0.6) is 0 Å². The third-order valence-electron chi connectivity index (χ3n) is 4.77. The van der Waals surface area contributed by atoms with Gasteiger partial charge in [-0.15, -0.1) is 6.58 Å².